The van der Waals surface area contributed by atoms with E-state index in [0.717, 1.165) is 31.4 Å². The number of benzene rings is 3. The van der Waals surface area contributed by atoms with Crippen LogP contribution in [0.4, 0.5) is 3.89 Å². The Labute approximate surface area is 139 Å². The lowest BCUT2D eigenvalue weighted by Crippen LogP contribution is -1.98. The van der Waals surface area contributed by atoms with Gasteiger partial charge in [0.1, 0.15) is 0 Å². The minimum Gasteiger partial charge on any atom is -0.175 e. The van der Waals surface area contributed by atoms with E-state index in [-0.39, 0.29) is 0 Å². The van der Waals surface area contributed by atoms with Crippen molar-refractivity contribution in [3.8, 4) is 0 Å². The van der Waals surface area contributed by atoms with E-state index in [9.17, 15) is 0 Å². The minimum absolute atomic E-state index is 0.746. The van der Waals surface area contributed by atoms with Crippen LogP contribution >= 0.6 is 10.4 Å². The highest BCUT2D eigenvalue weighted by Crippen LogP contribution is 2.69. The fraction of sp³-hybridized carbons (Fsp3) is 0.143. The van der Waals surface area contributed by atoms with Gasteiger partial charge in [0.05, 0.1) is 0 Å². The summed E-state index contributed by atoms with van der Waals surface area (Å²) in [5.74, 6) is 0. The van der Waals surface area contributed by atoms with Gasteiger partial charge >= 0.3 is 0 Å². The molecule has 118 valence electrons. The van der Waals surface area contributed by atoms with Gasteiger partial charge in [-0.25, -0.2) is 0 Å². The Hall–Kier alpha value is -2.06. The fourth-order valence-corrected chi connectivity index (χ4v) is 4.94. The lowest BCUT2D eigenvalue weighted by atomic mass is 10.2. The molecule has 0 radical (unpaired) electrons. The summed E-state index contributed by atoms with van der Waals surface area (Å²) in [6, 6.07) is 23.4. The van der Waals surface area contributed by atoms with E-state index in [1.807, 2.05) is 93.6 Å². The summed E-state index contributed by atoms with van der Waals surface area (Å²) in [5.41, 5.74) is 3.43. The normalized spacial score (nSPS) is 12.2. The van der Waals surface area contributed by atoms with E-state index >= 15 is 3.89 Å². The van der Waals surface area contributed by atoms with Crippen molar-refractivity contribution in [3.05, 3.63) is 89.5 Å². The minimum atomic E-state index is -2.73. The number of rotatable bonds is 3. The highest BCUT2D eigenvalue weighted by molar-refractivity contribution is 8.29. The zero-order valence-electron chi connectivity index (χ0n) is 13.7. The van der Waals surface area contributed by atoms with Crippen molar-refractivity contribution >= 4 is 10.4 Å². The Bertz CT molecular complexity index is 676. The van der Waals surface area contributed by atoms with E-state index in [2.05, 4.69) is 0 Å². The molecule has 0 unspecified atom stereocenters. The van der Waals surface area contributed by atoms with Crippen LogP contribution in [0.25, 0.3) is 0 Å². The molecule has 3 aromatic rings. The van der Waals surface area contributed by atoms with Gasteiger partial charge in [-0.15, -0.1) is 0 Å². The van der Waals surface area contributed by atoms with E-state index in [0.29, 0.717) is 0 Å². The van der Waals surface area contributed by atoms with E-state index in [1.165, 1.54) is 0 Å². The molecule has 0 heterocycles. The van der Waals surface area contributed by atoms with Gasteiger partial charge < -0.3 is 0 Å². The summed E-state index contributed by atoms with van der Waals surface area (Å²) in [4.78, 5) is 2.24. The van der Waals surface area contributed by atoms with Crippen molar-refractivity contribution in [3.63, 3.8) is 0 Å². The molecule has 0 saturated heterocycles. The van der Waals surface area contributed by atoms with Crippen LogP contribution in [-0.2, 0) is 0 Å². The summed E-state index contributed by atoms with van der Waals surface area (Å²) in [6.45, 7) is 6.07. The molecule has 0 nitrogen and oxygen atoms in total. The molecule has 0 saturated carbocycles. The van der Waals surface area contributed by atoms with Crippen LogP contribution in [0.5, 0.6) is 0 Å². The summed E-state index contributed by atoms with van der Waals surface area (Å²) in [6.07, 6.45) is 0. The molecule has 0 amide bonds. The predicted molar refractivity (Wildman–Crippen MR) is 97.0 cm³/mol. The number of halogens is 1. The average molecular weight is 324 g/mol. The van der Waals surface area contributed by atoms with Crippen LogP contribution in [0, 0.1) is 20.8 Å². The van der Waals surface area contributed by atoms with Crippen LogP contribution in [0.3, 0.4) is 0 Å². The summed E-state index contributed by atoms with van der Waals surface area (Å²) in [7, 11) is -2.73. The number of aryl methyl sites for hydroxylation is 3. The Kier molecular flexibility index (Phi) is 4.27. The van der Waals surface area contributed by atoms with Crippen LogP contribution in [0.1, 0.15) is 16.7 Å². The lowest BCUT2D eigenvalue weighted by molar-refractivity contribution is 0.869. The van der Waals surface area contributed by atoms with Gasteiger partial charge in [0.25, 0.3) is 0 Å². The first-order chi connectivity index (χ1) is 11.0. The van der Waals surface area contributed by atoms with Crippen molar-refractivity contribution in [1.82, 2.24) is 0 Å². The molecule has 23 heavy (non-hydrogen) atoms. The zero-order valence-corrected chi connectivity index (χ0v) is 14.5. The molecule has 0 atom stereocenters. The van der Waals surface area contributed by atoms with Crippen LogP contribution in [0.2, 0.25) is 0 Å². The third kappa shape index (κ3) is 3.04. The largest absolute Gasteiger partial charge is 0.175 e. The van der Waals surface area contributed by atoms with Crippen LogP contribution in [0.15, 0.2) is 87.5 Å². The Morgan fingerprint density at radius 1 is 0.478 bits per heavy atom. The summed E-state index contributed by atoms with van der Waals surface area (Å²) < 4.78 is 16.5. The zero-order chi connectivity index (χ0) is 16.4. The molecule has 2 heteroatoms. The molecule has 0 aromatic heterocycles. The van der Waals surface area contributed by atoms with Gasteiger partial charge in [0.2, 0.25) is 0 Å². The van der Waals surface area contributed by atoms with Gasteiger partial charge in [-0.2, -0.15) is 3.89 Å². The second kappa shape index (κ2) is 6.21. The summed E-state index contributed by atoms with van der Waals surface area (Å²) in [5, 5.41) is 0. The third-order valence-electron chi connectivity index (χ3n) is 4.04. The second-order valence-electron chi connectivity index (χ2n) is 5.98. The van der Waals surface area contributed by atoms with Crippen LogP contribution in [-0.4, -0.2) is 0 Å². The lowest BCUT2D eigenvalue weighted by Gasteiger charge is -2.32. The molecule has 0 aliphatic carbocycles. The van der Waals surface area contributed by atoms with E-state index < -0.39 is 10.4 Å². The maximum absolute atomic E-state index is 16.5. The first-order valence-corrected chi connectivity index (χ1v) is 9.26. The predicted octanol–water partition coefficient (Wildman–Crippen LogP) is 6.78. The van der Waals surface area contributed by atoms with E-state index in [4.69, 9.17) is 0 Å². The quantitative estimate of drug-likeness (QED) is 0.498. The molecular weight excluding hydrogens is 303 g/mol. The van der Waals surface area contributed by atoms with Crippen molar-refractivity contribution in [1.29, 1.82) is 0 Å². The van der Waals surface area contributed by atoms with Gasteiger partial charge in [-0.1, -0.05) is 53.1 Å². The maximum Gasteiger partial charge on any atom is 0.0263 e. The monoisotopic (exact) mass is 324 g/mol. The standard InChI is InChI=1S/C21H21FS/c1-16-4-10-19(11-5-16)23(22,20-12-6-17(2)7-13-20)21-14-8-18(3)9-15-21/h4-15H,1-3H3. The molecule has 0 spiro atoms. The smallest absolute Gasteiger partial charge is 0.0263 e. The highest BCUT2D eigenvalue weighted by Gasteiger charge is 2.30. The van der Waals surface area contributed by atoms with Gasteiger partial charge in [0.15, 0.2) is 0 Å². The van der Waals surface area contributed by atoms with Gasteiger partial charge in [-0.3, -0.25) is 0 Å². The Balaban J connectivity index is 2.21. The van der Waals surface area contributed by atoms with Crippen molar-refractivity contribution in [2.24, 2.45) is 0 Å². The number of hydrogen-bond acceptors (Lipinski definition) is 0. The first kappa shape index (κ1) is 15.8. The topological polar surface area (TPSA) is 0 Å². The second-order valence-corrected chi connectivity index (χ2v) is 8.47. The molecule has 0 aliphatic rings. The molecule has 3 aromatic carbocycles. The molecule has 0 bridgehead atoms. The Morgan fingerprint density at radius 2 is 0.696 bits per heavy atom. The van der Waals surface area contributed by atoms with Crippen molar-refractivity contribution < 1.29 is 3.89 Å². The molecular formula is C21H21FS. The third-order valence-corrected chi connectivity index (χ3v) is 6.80. The molecule has 0 N–H and O–H groups in total. The Morgan fingerprint density at radius 3 is 0.913 bits per heavy atom. The molecule has 0 fully saturated rings. The molecule has 3 rings (SSSR count). The number of hydrogen-bond donors (Lipinski definition) is 0. The SMILES string of the molecule is Cc1ccc(S(F)(c2ccc(C)cc2)c2ccc(C)cc2)cc1. The van der Waals surface area contributed by atoms with Crippen molar-refractivity contribution in [2.75, 3.05) is 0 Å². The van der Waals surface area contributed by atoms with Gasteiger partial charge in [-0.05, 0) is 67.6 Å². The highest BCUT2D eigenvalue weighted by atomic mass is 32.3. The van der Waals surface area contributed by atoms with E-state index in [1.54, 1.807) is 0 Å². The average Bonchev–Trinajstić information content (AvgIpc) is 2.56. The molecule has 0 aliphatic heterocycles. The first-order valence-electron chi connectivity index (χ1n) is 7.73. The van der Waals surface area contributed by atoms with Gasteiger partial charge in [0, 0.05) is 14.7 Å². The van der Waals surface area contributed by atoms with Crippen molar-refractivity contribution in [2.45, 2.75) is 35.5 Å². The fourth-order valence-electron chi connectivity index (χ4n) is 2.59. The van der Waals surface area contributed by atoms with Crippen LogP contribution < -0.4 is 0 Å². The summed E-state index contributed by atoms with van der Waals surface area (Å²) >= 11 is 0. The maximum atomic E-state index is 16.5.